The van der Waals surface area contributed by atoms with Crippen molar-refractivity contribution in [3.63, 3.8) is 0 Å². The zero-order chi connectivity index (χ0) is 15.0. The first kappa shape index (κ1) is 13.2. The largest absolute Gasteiger partial charge is 0.495 e. The molecule has 1 heterocycles. The van der Waals surface area contributed by atoms with E-state index in [0.29, 0.717) is 33.5 Å². The number of anilines is 1. The molecule has 2 aromatic carbocycles. The Kier molecular flexibility index (Phi) is 3.10. The van der Waals surface area contributed by atoms with E-state index in [0.717, 1.165) is 0 Å². The average Bonchev–Trinajstić information content (AvgIpc) is 2.89. The minimum atomic E-state index is -0.350. The fraction of sp³-hybridized carbons (Fsp3) is 0.0625. The summed E-state index contributed by atoms with van der Waals surface area (Å²) in [6.07, 6.45) is 1.58. The number of carbonyl (C=O) groups is 1. The highest BCUT2D eigenvalue weighted by molar-refractivity contribution is 6.16. The Bertz CT molecular complexity index is 839. The summed E-state index contributed by atoms with van der Waals surface area (Å²) in [5.41, 5.74) is 7.74. The lowest BCUT2D eigenvalue weighted by molar-refractivity contribution is 0.104. The lowest BCUT2D eigenvalue weighted by Crippen LogP contribution is -2.02. The van der Waals surface area contributed by atoms with Crippen LogP contribution in [0.15, 0.2) is 42.6 Å². The summed E-state index contributed by atoms with van der Waals surface area (Å²) in [5, 5.41) is 0.677. The number of nitrogens with two attached hydrogens (primary N) is 1. The molecule has 0 fully saturated rings. The van der Waals surface area contributed by atoms with E-state index in [1.54, 1.807) is 30.5 Å². The number of fused-ring (bicyclic) bond motifs is 1. The maximum Gasteiger partial charge on any atom is 0.195 e. The van der Waals surface area contributed by atoms with Gasteiger partial charge in [-0.15, -0.1) is 0 Å². The topological polar surface area (TPSA) is 68.1 Å². The van der Waals surface area contributed by atoms with Crippen LogP contribution < -0.4 is 10.5 Å². The molecule has 106 valence electrons. The molecular weight excluding hydrogens is 271 g/mol. The third-order valence-electron chi connectivity index (χ3n) is 3.38. The normalized spacial score (nSPS) is 10.8. The molecule has 3 rings (SSSR count). The van der Waals surface area contributed by atoms with Crippen molar-refractivity contribution in [2.75, 3.05) is 12.8 Å². The van der Waals surface area contributed by atoms with Crippen LogP contribution in [0.25, 0.3) is 10.9 Å². The van der Waals surface area contributed by atoms with Gasteiger partial charge >= 0.3 is 0 Å². The molecule has 0 atom stereocenters. The number of nitrogen functional groups attached to an aromatic ring is 1. The highest BCUT2D eigenvalue weighted by Gasteiger charge is 2.15. The van der Waals surface area contributed by atoms with Crippen LogP contribution >= 0.6 is 0 Å². The summed E-state index contributed by atoms with van der Waals surface area (Å²) in [4.78, 5) is 15.4. The van der Waals surface area contributed by atoms with Gasteiger partial charge in [-0.2, -0.15) is 0 Å². The Labute approximate surface area is 120 Å². The lowest BCUT2D eigenvalue weighted by Gasteiger charge is -2.06. The maximum atomic E-state index is 13.2. The smallest absolute Gasteiger partial charge is 0.195 e. The zero-order valence-corrected chi connectivity index (χ0v) is 11.3. The summed E-state index contributed by atoms with van der Waals surface area (Å²) in [7, 11) is 1.52. The molecule has 0 aliphatic heterocycles. The number of methoxy groups -OCH3 is 1. The van der Waals surface area contributed by atoms with E-state index in [9.17, 15) is 9.18 Å². The number of hydrogen-bond acceptors (Lipinski definition) is 3. The minimum absolute atomic E-state index is 0.179. The fourth-order valence-corrected chi connectivity index (χ4v) is 2.32. The molecule has 0 unspecified atom stereocenters. The molecule has 0 amide bonds. The molecule has 0 aliphatic carbocycles. The van der Waals surface area contributed by atoms with Gasteiger partial charge in [0.25, 0.3) is 0 Å². The SMILES string of the molecule is COc1ccc(C(=O)c2c[nH]c3cc(F)ccc23)cc1N. The van der Waals surface area contributed by atoms with Crippen molar-refractivity contribution in [1.29, 1.82) is 0 Å². The zero-order valence-electron chi connectivity index (χ0n) is 11.3. The van der Waals surface area contributed by atoms with Crippen LogP contribution in [0.5, 0.6) is 5.75 Å². The Hall–Kier alpha value is -2.82. The van der Waals surface area contributed by atoms with E-state index in [1.807, 2.05) is 0 Å². The van der Waals surface area contributed by atoms with Crippen molar-refractivity contribution >= 4 is 22.4 Å². The first-order chi connectivity index (χ1) is 10.1. The van der Waals surface area contributed by atoms with Gasteiger partial charge in [0.15, 0.2) is 5.78 Å². The number of ketones is 1. The molecule has 0 saturated heterocycles. The number of halogens is 1. The molecule has 0 radical (unpaired) electrons. The monoisotopic (exact) mass is 284 g/mol. The summed E-state index contributed by atoms with van der Waals surface area (Å²) in [6.45, 7) is 0. The van der Waals surface area contributed by atoms with Crippen LogP contribution in [0.1, 0.15) is 15.9 Å². The van der Waals surface area contributed by atoms with Gasteiger partial charge in [0.1, 0.15) is 11.6 Å². The molecule has 0 saturated carbocycles. The first-order valence-electron chi connectivity index (χ1n) is 6.35. The second-order valence-corrected chi connectivity index (χ2v) is 4.68. The van der Waals surface area contributed by atoms with Crippen LogP contribution in [0.2, 0.25) is 0 Å². The Balaban J connectivity index is 2.06. The number of hydrogen-bond donors (Lipinski definition) is 2. The summed E-state index contributed by atoms with van der Waals surface area (Å²) < 4.78 is 18.2. The van der Waals surface area contributed by atoms with Crippen molar-refractivity contribution < 1.29 is 13.9 Å². The number of nitrogens with one attached hydrogen (secondary N) is 1. The van der Waals surface area contributed by atoms with Crippen LogP contribution in [0.4, 0.5) is 10.1 Å². The first-order valence-corrected chi connectivity index (χ1v) is 6.35. The van der Waals surface area contributed by atoms with Gasteiger partial charge in [-0.1, -0.05) is 0 Å². The molecule has 1 aromatic heterocycles. The quantitative estimate of drug-likeness (QED) is 0.573. The lowest BCUT2D eigenvalue weighted by atomic mass is 10.0. The second kappa shape index (κ2) is 4.94. The van der Waals surface area contributed by atoms with Crippen LogP contribution in [0, 0.1) is 5.82 Å². The van der Waals surface area contributed by atoms with Gasteiger partial charge in [-0.3, -0.25) is 4.79 Å². The molecule has 5 heteroatoms. The van der Waals surface area contributed by atoms with Crippen molar-refractivity contribution in [1.82, 2.24) is 4.98 Å². The van der Waals surface area contributed by atoms with E-state index in [-0.39, 0.29) is 11.6 Å². The molecular formula is C16H13FN2O2. The number of aromatic nitrogens is 1. The van der Waals surface area contributed by atoms with Gasteiger partial charge in [0.2, 0.25) is 0 Å². The molecule has 0 spiro atoms. The predicted molar refractivity (Wildman–Crippen MR) is 79.1 cm³/mol. The maximum absolute atomic E-state index is 13.2. The van der Waals surface area contributed by atoms with Gasteiger partial charge < -0.3 is 15.5 Å². The molecule has 4 nitrogen and oxygen atoms in total. The molecule has 0 aliphatic rings. The third kappa shape index (κ3) is 2.23. The van der Waals surface area contributed by atoms with Crippen molar-refractivity contribution in [3.8, 4) is 5.75 Å². The number of benzene rings is 2. The molecule has 0 bridgehead atoms. The van der Waals surface area contributed by atoms with E-state index in [4.69, 9.17) is 10.5 Å². The number of H-pyrrole nitrogens is 1. The minimum Gasteiger partial charge on any atom is -0.495 e. The van der Waals surface area contributed by atoms with Crippen LogP contribution in [-0.4, -0.2) is 17.9 Å². The van der Waals surface area contributed by atoms with Crippen LogP contribution in [-0.2, 0) is 0 Å². The van der Waals surface area contributed by atoms with E-state index in [2.05, 4.69) is 4.98 Å². The summed E-state index contributed by atoms with van der Waals surface area (Å²) in [5.74, 6) is -0.00759. The number of rotatable bonds is 3. The van der Waals surface area contributed by atoms with E-state index in [1.165, 1.54) is 19.2 Å². The van der Waals surface area contributed by atoms with Crippen LogP contribution in [0.3, 0.4) is 0 Å². The number of carbonyl (C=O) groups excluding carboxylic acids is 1. The summed E-state index contributed by atoms with van der Waals surface area (Å²) >= 11 is 0. The highest BCUT2D eigenvalue weighted by Crippen LogP contribution is 2.26. The van der Waals surface area contributed by atoms with E-state index >= 15 is 0 Å². The molecule has 21 heavy (non-hydrogen) atoms. The van der Waals surface area contributed by atoms with Crippen molar-refractivity contribution in [2.24, 2.45) is 0 Å². The third-order valence-corrected chi connectivity index (χ3v) is 3.38. The number of aromatic amines is 1. The van der Waals surface area contributed by atoms with Crippen molar-refractivity contribution in [3.05, 3.63) is 59.5 Å². The highest BCUT2D eigenvalue weighted by atomic mass is 19.1. The van der Waals surface area contributed by atoms with E-state index < -0.39 is 0 Å². The Morgan fingerprint density at radius 1 is 1.24 bits per heavy atom. The van der Waals surface area contributed by atoms with Crippen molar-refractivity contribution in [2.45, 2.75) is 0 Å². The van der Waals surface area contributed by atoms with Gasteiger partial charge in [-0.25, -0.2) is 4.39 Å². The molecule has 3 aromatic rings. The van der Waals surface area contributed by atoms with Gasteiger partial charge in [-0.05, 0) is 36.4 Å². The van der Waals surface area contributed by atoms with Gasteiger partial charge in [0.05, 0.1) is 12.8 Å². The average molecular weight is 284 g/mol. The standard InChI is InChI=1S/C16H13FN2O2/c1-21-15-5-2-9(6-13(15)18)16(20)12-8-19-14-7-10(17)3-4-11(12)14/h2-8,19H,18H2,1H3. The second-order valence-electron chi connectivity index (χ2n) is 4.68. The van der Waals surface area contributed by atoms with Gasteiger partial charge in [0, 0.05) is 28.2 Å². The fourth-order valence-electron chi connectivity index (χ4n) is 2.32. The summed E-state index contributed by atoms with van der Waals surface area (Å²) in [6, 6.07) is 9.14. The Morgan fingerprint density at radius 2 is 2.05 bits per heavy atom. The molecule has 3 N–H and O–H groups in total. The Morgan fingerprint density at radius 3 is 2.76 bits per heavy atom. The predicted octanol–water partition coefficient (Wildman–Crippen LogP) is 3.13. The number of ether oxygens (including phenoxy) is 1.